The zero-order valence-electron chi connectivity index (χ0n) is 8.57. The monoisotopic (exact) mass is 212 g/mol. The predicted octanol–water partition coefficient (Wildman–Crippen LogP) is -0.455. The van der Waals surface area contributed by atoms with Crippen molar-refractivity contribution >= 4 is 11.8 Å². The van der Waals surface area contributed by atoms with Crippen molar-refractivity contribution in [3.05, 3.63) is 0 Å². The Balaban J connectivity index is 1.93. The maximum absolute atomic E-state index is 11.5. The van der Waals surface area contributed by atoms with Gasteiger partial charge in [-0.25, -0.2) is 0 Å². The van der Waals surface area contributed by atoms with Crippen molar-refractivity contribution in [2.24, 2.45) is 11.7 Å². The predicted molar refractivity (Wildman–Crippen MR) is 52.8 cm³/mol. The molecule has 5 heteroatoms. The third-order valence-corrected chi connectivity index (χ3v) is 3.17. The number of ether oxygens (including phenoxy) is 1. The van der Waals surface area contributed by atoms with E-state index in [0.29, 0.717) is 6.42 Å². The minimum absolute atomic E-state index is 0.0654. The highest BCUT2D eigenvalue weighted by Gasteiger charge is 2.36. The van der Waals surface area contributed by atoms with Crippen LogP contribution in [-0.4, -0.2) is 30.6 Å². The third-order valence-electron chi connectivity index (χ3n) is 3.17. The molecule has 2 amide bonds. The number of amides is 2. The second kappa shape index (κ2) is 4.18. The molecule has 0 spiro atoms. The van der Waals surface area contributed by atoms with E-state index in [2.05, 4.69) is 5.32 Å². The van der Waals surface area contributed by atoms with Crippen molar-refractivity contribution in [2.75, 3.05) is 6.61 Å². The molecule has 84 valence electrons. The average molecular weight is 212 g/mol. The van der Waals surface area contributed by atoms with Gasteiger partial charge in [0.15, 0.2) is 0 Å². The molecule has 2 aliphatic rings. The Labute approximate surface area is 88.3 Å². The van der Waals surface area contributed by atoms with Gasteiger partial charge in [0.25, 0.3) is 0 Å². The number of hydrogen-bond donors (Lipinski definition) is 2. The first-order chi connectivity index (χ1) is 7.18. The summed E-state index contributed by atoms with van der Waals surface area (Å²) in [5.41, 5.74) is 5.13. The van der Waals surface area contributed by atoms with Crippen molar-refractivity contribution in [1.82, 2.24) is 5.32 Å². The second-order valence-electron chi connectivity index (χ2n) is 4.20. The zero-order chi connectivity index (χ0) is 10.8. The lowest BCUT2D eigenvalue weighted by Gasteiger charge is -2.30. The molecule has 0 aromatic rings. The minimum atomic E-state index is -0.650. The lowest BCUT2D eigenvalue weighted by atomic mass is 9.90. The molecule has 0 aromatic carbocycles. The fraction of sp³-hybridized carbons (Fsp3) is 0.800. The summed E-state index contributed by atoms with van der Waals surface area (Å²) in [6.45, 7) is 0.774. The highest BCUT2D eigenvalue weighted by atomic mass is 16.5. The van der Waals surface area contributed by atoms with Crippen LogP contribution in [0.25, 0.3) is 0 Å². The zero-order valence-corrected chi connectivity index (χ0v) is 8.57. The molecule has 15 heavy (non-hydrogen) atoms. The topological polar surface area (TPSA) is 81.4 Å². The summed E-state index contributed by atoms with van der Waals surface area (Å²) in [4.78, 5) is 22.5. The molecule has 2 rings (SSSR count). The van der Waals surface area contributed by atoms with Crippen LogP contribution in [-0.2, 0) is 14.3 Å². The third kappa shape index (κ3) is 2.12. The average Bonchev–Trinajstić information content (AvgIpc) is 2.69. The number of carbonyl (C=O) groups is 2. The van der Waals surface area contributed by atoms with E-state index in [0.717, 1.165) is 25.9 Å². The maximum atomic E-state index is 11.5. The van der Waals surface area contributed by atoms with Gasteiger partial charge in [-0.15, -0.1) is 0 Å². The number of carbonyl (C=O) groups excluding carboxylic acids is 2. The molecule has 3 N–H and O–H groups in total. The molecule has 0 radical (unpaired) electrons. The van der Waals surface area contributed by atoms with E-state index >= 15 is 0 Å². The van der Waals surface area contributed by atoms with Crippen LogP contribution < -0.4 is 11.1 Å². The molecular formula is C10H16N2O3. The first-order valence-corrected chi connectivity index (χ1v) is 5.40. The van der Waals surface area contributed by atoms with E-state index in [1.54, 1.807) is 0 Å². The van der Waals surface area contributed by atoms with Crippen LogP contribution in [0.4, 0.5) is 0 Å². The molecule has 2 aliphatic heterocycles. The molecule has 3 atom stereocenters. The Morgan fingerprint density at radius 1 is 1.40 bits per heavy atom. The summed E-state index contributed by atoms with van der Waals surface area (Å²) in [5, 5.41) is 2.82. The fourth-order valence-electron chi connectivity index (χ4n) is 2.30. The summed E-state index contributed by atoms with van der Waals surface area (Å²) < 4.78 is 5.51. The van der Waals surface area contributed by atoms with E-state index in [-0.39, 0.29) is 18.1 Å². The Bertz CT molecular complexity index is 274. The van der Waals surface area contributed by atoms with Gasteiger partial charge in [0.05, 0.1) is 12.1 Å². The van der Waals surface area contributed by atoms with Gasteiger partial charge in [0.1, 0.15) is 5.92 Å². The van der Waals surface area contributed by atoms with Gasteiger partial charge in [-0.3, -0.25) is 9.59 Å². The van der Waals surface area contributed by atoms with Gasteiger partial charge in [0.2, 0.25) is 11.8 Å². The number of nitrogens with one attached hydrogen (secondary N) is 1. The van der Waals surface area contributed by atoms with E-state index in [1.807, 2.05) is 0 Å². The molecular weight excluding hydrogens is 196 g/mol. The van der Waals surface area contributed by atoms with Gasteiger partial charge in [-0.05, 0) is 25.7 Å². The number of hydrogen-bond acceptors (Lipinski definition) is 3. The number of nitrogens with two attached hydrogens (primary N) is 1. The summed E-state index contributed by atoms with van der Waals surface area (Å²) in [6, 6.07) is 0.0654. The van der Waals surface area contributed by atoms with E-state index in [1.165, 1.54) is 0 Å². The summed E-state index contributed by atoms with van der Waals surface area (Å²) in [7, 11) is 0. The molecule has 2 heterocycles. The lowest BCUT2D eigenvalue weighted by Crippen LogP contribution is -2.52. The lowest BCUT2D eigenvalue weighted by molar-refractivity contribution is -0.137. The SMILES string of the molecule is NC(=O)C1CCC(C2CCCO2)NC1=O. The summed E-state index contributed by atoms with van der Waals surface area (Å²) >= 11 is 0. The van der Waals surface area contributed by atoms with Crippen molar-refractivity contribution in [2.45, 2.75) is 37.8 Å². The smallest absolute Gasteiger partial charge is 0.232 e. The second-order valence-corrected chi connectivity index (χ2v) is 4.20. The van der Waals surface area contributed by atoms with E-state index < -0.39 is 11.8 Å². The summed E-state index contributed by atoms with van der Waals surface area (Å²) in [6.07, 6.45) is 3.50. The van der Waals surface area contributed by atoms with Crippen LogP contribution in [0.5, 0.6) is 0 Å². The van der Waals surface area contributed by atoms with Gasteiger partial charge in [-0.2, -0.15) is 0 Å². The van der Waals surface area contributed by atoms with Crippen LogP contribution in [0.3, 0.4) is 0 Å². The molecule has 0 aliphatic carbocycles. The van der Waals surface area contributed by atoms with Crippen LogP contribution in [0.1, 0.15) is 25.7 Å². The fourth-order valence-corrected chi connectivity index (χ4v) is 2.30. The van der Waals surface area contributed by atoms with Crippen LogP contribution in [0.2, 0.25) is 0 Å². The number of rotatable bonds is 2. The molecule has 0 aromatic heterocycles. The van der Waals surface area contributed by atoms with Crippen LogP contribution >= 0.6 is 0 Å². The molecule has 2 fully saturated rings. The Morgan fingerprint density at radius 3 is 2.73 bits per heavy atom. The minimum Gasteiger partial charge on any atom is -0.376 e. The van der Waals surface area contributed by atoms with Crippen LogP contribution in [0, 0.1) is 5.92 Å². The van der Waals surface area contributed by atoms with Crippen molar-refractivity contribution < 1.29 is 14.3 Å². The van der Waals surface area contributed by atoms with Crippen molar-refractivity contribution in [3.63, 3.8) is 0 Å². The Hall–Kier alpha value is -1.10. The molecule has 5 nitrogen and oxygen atoms in total. The highest BCUT2D eigenvalue weighted by Crippen LogP contribution is 2.24. The number of primary amides is 1. The highest BCUT2D eigenvalue weighted by molar-refractivity contribution is 6.00. The first kappa shape index (κ1) is 10.4. The van der Waals surface area contributed by atoms with Crippen molar-refractivity contribution in [1.29, 1.82) is 0 Å². The van der Waals surface area contributed by atoms with E-state index in [4.69, 9.17) is 10.5 Å². The quantitative estimate of drug-likeness (QED) is 0.608. The Morgan fingerprint density at radius 2 is 2.20 bits per heavy atom. The maximum Gasteiger partial charge on any atom is 0.232 e. The number of piperidine rings is 1. The van der Waals surface area contributed by atoms with Gasteiger partial charge in [0, 0.05) is 6.61 Å². The van der Waals surface area contributed by atoms with Gasteiger partial charge in [-0.1, -0.05) is 0 Å². The Kier molecular flexibility index (Phi) is 2.90. The molecule has 0 bridgehead atoms. The van der Waals surface area contributed by atoms with Gasteiger partial charge < -0.3 is 15.8 Å². The van der Waals surface area contributed by atoms with Crippen molar-refractivity contribution in [3.8, 4) is 0 Å². The largest absolute Gasteiger partial charge is 0.376 e. The first-order valence-electron chi connectivity index (χ1n) is 5.40. The van der Waals surface area contributed by atoms with Crippen LogP contribution in [0.15, 0.2) is 0 Å². The standard InChI is InChI=1S/C10H16N2O3/c11-9(13)6-3-4-7(12-10(6)14)8-2-1-5-15-8/h6-8H,1-5H2,(H2,11,13)(H,12,14). The van der Waals surface area contributed by atoms with Gasteiger partial charge >= 0.3 is 0 Å². The van der Waals surface area contributed by atoms with E-state index in [9.17, 15) is 9.59 Å². The molecule has 0 saturated carbocycles. The molecule has 3 unspecified atom stereocenters. The normalized spacial score (nSPS) is 36.3. The molecule has 2 saturated heterocycles. The summed E-state index contributed by atoms with van der Waals surface area (Å²) in [5.74, 6) is -1.42.